The number of nitrogens with zero attached hydrogens (tertiary/aromatic N) is 1. The number of aliphatic hydroxyl groups excluding tert-OH is 1. The van der Waals surface area contributed by atoms with Gasteiger partial charge in [-0.1, -0.05) is 19.1 Å². The van der Waals surface area contributed by atoms with Crippen molar-refractivity contribution >= 4 is 11.6 Å². The van der Waals surface area contributed by atoms with Crippen LogP contribution in [0, 0.1) is 10.1 Å². The zero-order chi connectivity index (χ0) is 14.4. The predicted octanol–water partition coefficient (Wildman–Crippen LogP) is 1.59. The number of carbonyl (C=O) groups excluding carboxylic acids is 1. The number of hydrogen-bond donors (Lipinski definition) is 2. The lowest BCUT2D eigenvalue weighted by Gasteiger charge is -2.18. The Labute approximate surface area is 111 Å². The lowest BCUT2D eigenvalue weighted by atomic mass is 9.99. The number of non-ortho nitro benzene ring substituents is 1. The molecule has 0 aliphatic rings. The lowest BCUT2D eigenvalue weighted by Crippen LogP contribution is -2.39. The summed E-state index contributed by atoms with van der Waals surface area (Å²) in [6.45, 7) is 3.42. The third-order valence-corrected chi connectivity index (χ3v) is 3.03. The summed E-state index contributed by atoms with van der Waals surface area (Å²) in [5.74, 6) is -0.748. The van der Waals surface area contributed by atoms with E-state index in [1.807, 2.05) is 6.92 Å². The Morgan fingerprint density at radius 3 is 2.74 bits per heavy atom. The summed E-state index contributed by atoms with van der Waals surface area (Å²) in [6, 6.07) is 5.73. The van der Waals surface area contributed by atoms with Gasteiger partial charge in [0.1, 0.15) is 0 Å². The number of amides is 1. The number of nitro benzene ring substituents is 1. The molecular formula is C13H18N2O4. The molecule has 0 radical (unpaired) electrons. The van der Waals surface area contributed by atoms with Crippen LogP contribution in [-0.2, 0) is 4.79 Å². The van der Waals surface area contributed by atoms with E-state index >= 15 is 0 Å². The molecule has 2 N–H and O–H groups in total. The molecular weight excluding hydrogens is 248 g/mol. The first-order valence-corrected chi connectivity index (χ1v) is 6.15. The average Bonchev–Trinajstić information content (AvgIpc) is 2.43. The minimum atomic E-state index is -0.500. The standard InChI is InChI=1S/C13H18N2O4/c1-3-11(8-16)14-13(17)9(2)10-5-4-6-12(7-10)15(18)19/h4-7,9,11,16H,3,8H2,1-2H3,(H,14,17). The molecule has 0 spiro atoms. The first kappa shape index (κ1) is 15.1. The summed E-state index contributed by atoms with van der Waals surface area (Å²) in [4.78, 5) is 22.2. The van der Waals surface area contributed by atoms with Crippen LogP contribution in [0.4, 0.5) is 5.69 Å². The smallest absolute Gasteiger partial charge is 0.269 e. The Kier molecular flexibility index (Phi) is 5.44. The van der Waals surface area contributed by atoms with Gasteiger partial charge in [0, 0.05) is 12.1 Å². The van der Waals surface area contributed by atoms with E-state index in [1.165, 1.54) is 12.1 Å². The third-order valence-electron chi connectivity index (χ3n) is 3.03. The number of nitrogens with one attached hydrogen (secondary N) is 1. The van der Waals surface area contributed by atoms with Crippen LogP contribution < -0.4 is 5.32 Å². The summed E-state index contributed by atoms with van der Waals surface area (Å²) in [7, 11) is 0. The molecule has 1 rings (SSSR count). The van der Waals surface area contributed by atoms with Gasteiger partial charge in [0.25, 0.3) is 5.69 Å². The second-order valence-corrected chi connectivity index (χ2v) is 4.37. The van der Waals surface area contributed by atoms with Gasteiger partial charge < -0.3 is 10.4 Å². The highest BCUT2D eigenvalue weighted by Crippen LogP contribution is 2.21. The molecule has 0 heterocycles. The Bertz CT molecular complexity index is 458. The maximum absolute atomic E-state index is 12.0. The molecule has 1 amide bonds. The van der Waals surface area contributed by atoms with Crippen molar-refractivity contribution in [3.05, 3.63) is 39.9 Å². The van der Waals surface area contributed by atoms with Crippen LogP contribution in [0.5, 0.6) is 0 Å². The second-order valence-electron chi connectivity index (χ2n) is 4.37. The fourth-order valence-electron chi connectivity index (χ4n) is 1.66. The quantitative estimate of drug-likeness (QED) is 0.604. The van der Waals surface area contributed by atoms with Crippen LogP contribution in [0.15, 0.2) is 24.3 Å². The Balaban J connectivity index is 2.81. The molecule has 104 valence electrons. The zero-order valence-corrected chi connectivity index (χ0v) is 11.0. The highest BCUT2D eigenvalue weighted by atomic mass is 16.6. The summed E-state index contributed by atoms with van der Waals surface area (Å²) < 4.78 is 0. The molecule has 2 unspecified atom stereocenters. The normalized spacial score (nSPS) is 13.6. The summed E-state index contributed by atoms with van der Waals surface area (Å²) >= 11 is 0. The molecule has 0 aromatic heterocycles. The Morgan fingerprint density at radius 1 is 1.53 bits per heavy atom. The molecule has 1 aromatic carbocycles. The molecule has 0 saturated heterocycles. The molecule has 1 aromatic rings. The zero-order valence-electron chi connectivity index (χ0n) is 11.0. The van der Waals surface area contributed by atoms with Crippen LogP contribution in [0.3, 0.4) is 0 Å². The van der Waals surface area contributed by atoms with Crippen LogP contribution in [0.2, 0.25) is 0 Å². The first-order chi connectivity index (χ1) is 8.99. The average molecular weight is 266 g/mol. The Morgan fingerprint density at radius 2 is 2.21 bits per heavy atom. The second kappa shape index (κ2) is 6.84. The van der Waals surface area contributed by atoms with Crippen molar-refractivity contribution in [3.63, 3.8) is 0 Å². The van der Waals surface area contributed by atoms with Crippen molar-refractivity contribution in [2.45, 2.75) is 32.2 Å². The van der Waals surface area contributed by atoms with Crippen LogP contribution in [-0.4, -0.2) is 28.6 Å². The molecule has 0 aliphatic heterocycles. The summed E-state index contributed by atoms with van der Waals surface area (Å²) in [6.07, 6.45) is 0.629. The van der Waals surface area contributed by atoms with Gasteiger partial charge in [0.2, 0.25) is 5.91 Å². The van der Waals surface area contributed by atoms with E-state index in [0.29, 0.717) is 12.0 Å². The highest BCUT2D eigenvalue weighted by Gasteiger charge is 2.19. The maximum atomic E-state index is 12.0. The summed E-state index contributed by atoms with van der Waals surface area (Å²) in [5.41, 5.74) is 0.547. The number of rotatable bonds is 6. The highest BCUT2D eigenvalue weighted by molar-refractivity contribution is 5.83. The van der Waals surface area contributed by atoms with Crippen molar-refractivity contribution in [2.24, 2.45) is 0 Å². The van der Waals surface area contributed by atoms with E-state index in [9.17, 15) is 14.9 Å². The van der Waals surface area contributed by atoms with E-state index < -0.39 is 10.8 Å². The van der Waals surface area contributed by atoms with Crippen molar-refractivity contribution < 1.29 is 14.8 Å². The largest absolute Gasteiger partial charge is 0.394 e. The monoisotopic (exact) mass is 266 g/mol. The fraction of sp³-hybridized carbons (Fsp3) is 0.462. The minimum Gasteiger partial charge on any atom is -0.394 e. The van der Waals surface area contributed by atoms with E-state index in [0.717, 1.165) is 0 Å². The first-order valence-electron chi connectivity index (χ1n) is 6.15. The van der Waals surface area contributed by atoms with E-state index in [4.69, 9.17) is 5.11 Å². The lowest BCUT2D eigenvalue weighted by molar-refractivity contribution is -0.384. The van der Waals surface area contributed by atoms with Gasteiger partial charge in [-0.15, -0.1) is 0 Å². The van der Waals surface area contributed by atoms with E-state index in [-0.39, 0.29) is 24.2 Å². The molecule has 2 atom stereocenters. The number of hydrogen-bond acceptors (Lipinski definition) is 4. The van der Waals surface area contributed by atoms with Crippen molar-refractivity contribution in [1.29, 1.82) is 0 Å². The topological polar surface area (TPSA) is 92.5 Å². The molecule has 6 heteroatoms. The molecule has 6 nitrogen and oxygen atoms in total. The van der Waals surface area contributed by atoms with Gasteiger partial charge >= 0.3 is 0 Å². The van der Waals surface area contributed by atoms with Gasteiger partial charge in [0.05, 0.1) is 23.5 Å². The number of aliphatic hydroxyl groups is 1. The van der Waals surface area contributed by atoms with Crippen LogP contribution >= 0.6 is 0 Å². The van der Waals surface area contributed by atoms with Crippen molar-refractivity contribution in [3.8, 4) is 0 Å². The van der Waals surface area contributed by atoms with Gasteiger partial charge in [-0.05, 0) is 18.9 Å². The number of carbonyl (C=O) groups is 1. The molecule has 0 saturated carbocycles. The summed E-state index contributed by atoms with van der Waals surface area (Å²) in [5, 5.41) is 22.4. The van der Waals surface area contributed by atoms with Crippen LogP contribution in [0.1, 0.15) is 31.7 Å². The molecule has 19 heavy (non-hydrogen) atoms. The van der Waals surface area contributed by atoms with Gasteiger partial charge in [0.15, 0.2) is 0 Å². The predicted molar refractivity (Wildman–Crippen MR) is 70.8 cm³/mol. The van der Waals surface area contributed by atoms with Crippen molar-refractivity contribution in [2.75, 3.05) is 6.61 Å². The SMILES string of the molecule is CCC(CO)NC(=O)C(C)c1cccc([N+](=O)[O-])c1. The maximum Gasteiger partial charge on any atom is 0.269 e. The molecule has 0 bridgehead atoms. The minimum absolute atomic E-state index is 0.0358. The molecule has 0 aliphatic carbocycles. The number of benzene rings is 1. The number of nitro groups is 1. The van der Waals surface area contributed by atoms with Gasteiger partial charge in [-0.3, -0.25) is 14.9 Å². The fourth-order valence-corrected chi connectivity index (χ4v) is 1.66. The van der Waals surface area contributed by atoms with Crippen molar-refractivity contribution in [1.82, 2.24) is 5.32 Å². The van der Waals surface area contributed by atoms with Crippen LogP contribution in [0.25, 0.3) is 0 Å². The van der Waals surface area contributed by atoms with E-state index in [1.54, 1.807) is 19.1 Å². The van der Waals surface area contributed by atoms with Gasteiger partial charge in [-0.25, -0.2) is 0 Å². The van der Waals surface area contributed by atoms with E-state index in [2.05, 4.69) is 5.32 Å². The Hall–Kier alpha value is -1.95. The molecule has 0 fully saturated rings. The third kappa shape index (κ3) is 4.03. The van der Waals surface area contributed by atoms with Gasteiger partial charge in [-0.2, -0.15) is 0 Å².